The van der Waals surface area contributed by atoms with Crippen LogP contribution in [0.25, 0.3) is 0 Å². The van der Waals surface area contributed by atoms with Crippen LogP contribution >= 0.6 is 0 Å². The van der Waals surface area contributed by atoms with E-state index in [0.717, 1.165) is 68.9 Å². The standard InChI is InChI=1S/C29H52O4.C29H50O4.CH4/c2*1-20(14-10-17-28(6,7)32)12-9-13-21(2)15-11-18-29(8,33)19-16-25-24(5)26(30)22(3)23(4)27(25)31;/h20-21,30-33H,9-19H2,1-8H3;20-21,32-33H,9-19H2,1-8H3;1H4. The smallest absolute Gasteiger partial charge is 0.185 e. The fraction of sp³-hybridized carbons (Fsp3) is 0.797. The number of benzene rings is 1. The molecule has 0 spiro atoms. The molecule has 0 fully saturated rings. The molecule has 0 saturated heterocycles. The van der Waals surface area contributed by atoms with Crippen LogP contribution in [0.1, 0.15) is 255 Å². The van der Waals surface area contributed by atoms with Gasteiger partial charge in [-0.05, 0) is 175 Å². The van der Waals surface area contributed by atoms with Gasteiger partial charge in [0, 0.05) is 27.9 Å². The first-order chi connectivity index (χ1) is 30.3. The van der Waals surface area contributed by atoms with Crippen molar-refractivity contribution in [2.75, 3.05) is 0 Å². The van der Waals surface area contributed by atoms with E-state index < -0.39 is 22.4 Å². The average Bonchev–Trinajstić information content (AvgIpc) is 3.19. The summed E-state index contributed by atoms with van der Waals surface area (Å²) >= 11 is 0. The summed E-state index contributed by atoms with van der Waals surface area (Å²) in [6.45, 7) is 31.2. The van der Waals surface area contributed by atoms with Gasteiger partial charge >= 0.3 is 0 Å². The molecule has 6 N–H and O–H groups in total. The first-order valence-electron chi connectivity index (χ1n) is 26.2. The molecule has 0 bridgehead atoms. The van der Waals surface area contributed by atoms with Crippen molar-refractivity contribution in [1.82, 2.24) is 0 Å². The van der Waals surface area contributed by atoms with Crippen molar-refractivity contribution in [2.45, 2.75) is 282 Å². The molecule has 0 amide bonds. The van der Waals surface area contributed by atoms with Gasteiger partial charge in [0.25, 0.3) is 0 Å². The van der Waals surface area contributed by atoms with Crippen LogP contribution < -0.4 is 0 Å². The number of carbonyl (C=O) groups excluding carboxylic acids is 2. The number of phenolic OH excluding ortho intramolecular Hbond substituents is 2. The number of hydrogen-bond acceptors (Lipinski definition) is 8. The van der Waals surface area contributed by atoms with Crippen LogP contribution in [0.3, 0.4) is 0 Å². The number of ketones is 2. The molecular formula is C59H106O8. The van der Waals surface area contributed by atoms with Gasteiger partial charge in [-0.1, -0.05) is 125 Å². The molecule has 67 heavy (non-hydrogen) atoms. The van der Waals surface area contributed by atoms with E-state index in [2.05, 4.69) is 27.7 Å². The Morgan fingerprint density at radius 3 is 1.09 bits per heavy atom. The average molecular weight is 943 g/mol. The number of allylic oxidation sites excluding steroid dienone is 4. The van der Waals surface area contributed by atoms with Crippen LogP contribution in [0, 0.1) is 44.4 Å². The third kappa shape index (κ3) is 25.3. The van der Waals surface area contributed by atoms with Crippen LogP contribution in [-0.4, -0.2) is 64.6 Å². The van der Waals surface area contributed by atoms with Crippen LogP contribution in [0.5, 0.6) is 11.5 Å². The zero-order chi connectivity index (χ0) is 50.8. The molecule has 8 nitrogen and oxygen atoms in total. The number of aromatic hydroxyl groups is 2. The van der Waals surface area contributed by atoms with Crippen molar-refractivity contribution in [3.63, 3.8) is 0 Å². The molecular weight excluding hydrogens is 837 g/mol. The van der Waals surface area contributed by atoms with E-state index in [-0.39, 0.29) is 30.5 Å². The summed E-state index contributed by atoms with van der Waals surface area (Å²) in [5.74, 6) is 3.14. The highest BCUT2D eigenvalue weighted by Crippen LogP contribution is 2.38. The second kappa shape index (κ2) is 29.6. The molecule has 1 aliphatic rings. The van der Waals surface area contributed by atoms with Crippen LogP contribution in [-0.2, 0) is 16.0 Å². The van der Waals surface area contributed by atoms with Gasteiger partial charge in [0.1, 0.15) is 11.5 Å². The first kappa shape index (κ1) is 64.5. The number of phenols is 2. The summed E-state index contributed by atoms with van der Waals surface area (Å²) in [6.07, 6.45) is 21.4. The lowest BCUT2D eigenvalue weighted by atomic mass is 9.81. The summed E-state index contributed by atoms with van der Waals surface area (Å²) in [5.41, 5.74) is 2.42. The maximum atomic E-state index is 12.6. The zero-order valence-electron chi connectivity index (χ0n) is 45.4. The normalized spacial score (nSPS) is 17.3. The van der Waals surface area contributed by atoms with Gasteiger partial charge in [0.2, 0.25) is 0 Å². The molecule has 1 aromatic rings. The van der Waals surface area contributed by atoms with Crippen LogP contribution in [0.2, 0.25) is 0 Å². The predicted molar refractivity (Wildman–Crippen MR) is 283 cm³/mol. The second-order valence-corrected chi connectivity index (χ2v) is 23.5. The Kier molecular flexibility index (Phi) is 28.5. The highest BCUT2D eigenvalue weighted by atomic mass is 16.3. The topological polar surface area (TPSA) is 156 Å². The minimum atomic E-state index is -0.824. The lowest BCUT2D eigenvalue weighted by molar-refractivity contribution is -0.116. The number of Topliss-reactive ketones (excluding diaryl/α,β-unsaturated/α-hetero) is 2. The third-order valence-electron chi connectivity index (χ3n) is 15.1. The summed E-state index contributed by atoms with van der Waals surface area (Å²) in [6, 6.07) is 0. The molecule has 0 saturated carbocycles. The van der Waals surface area contributed by atoms with E-state index in [0.29, 0.717) is 89.2 Å². The van der Waals surface area contributed by atoms with Crippen molar-refractivity contribution in [3.05, 3.63) is 44.5 Å². The van der Waals surface area contributed by atoms with E-state index in [9.17, 15) is 40.2 Å². The molecule has 0 radical (unpaired) electrons. The van der Waals surface area contributed by atoms with Crippen molar-refractivity contribution in [2.24, 2.45) is 23.7 Å². The van der Waals surface area contributed by atoms with Gasteiger partial charge in [-0.3, -0.25) is 9.59 Å². The summed E-state index contributed by atoms with van der Waals surface area (Å²) in [4.78, 5) is 24.9. The Labute approximate surface area is 411 Å². The van der Waals surface area contributed by atoms with Gasteiger partial charge in [-0.15, -0.1) is 0 Å². The van der Waals surface area contributed by atoms with Gasteiger partial charge < -0.3 is 30.6 Å². The maximum absolute atomic E-state index is 12.6. The molecule has 6 unspecified atom stereocenters. The number of carbonyl (C=O) groups is 2. The highest BCUT2D eigenvalue weighted by Gasteiger charge is 2.30. The highest BCUT2D eigenvalue weighted by molar-refractivity contribution is 6.24. The quantitative estimate of drug-likeness (QED) is 0.0329. The Balaban J connectivity index is 0.00000128. The number of aliphatic hydroxyl groups is 4. The Bertz CT molecular complexity index is 1690. The fourth-order valence-corrected chi connectivity index (χ4v) is 9.62. The van der Waals surface area contributed by atoms with Gasteiger partial charge in [0.15, 0.2) is 11.6 Å². The molecule has 0 aromatic heterocycles. The summed E-state index contributed by atoms with van der Waals surface area (Å²) < 4.78 is 0. The van der Waals surface area contributed by atoms with Crippen molar-refractivity contribution in [1.29, 1.82) is 0 Å². The second-order valence-electron chi connectivity index (χ2n) is 23.5. The monoisotopic (exact) mass is 943 g/mol. The minimum absolute atomic E-state index is 0. The molecule has 6 atom stereocenters. The number of rotatable bonds is 30. The van der Waals surface area contributed by atoms with E-state index in [1.54, 1.807) is 20.8 Å². The van der Waals surface area contributed by atoms with Crippen LogP contribution in [0.4, 0.5) is 0 Å². The van der Waals surface area contributed by atoms with Crippen molar-refractivity contribution >= 4 is 11.6 Å². The largest absolute Gasteiger partial charge is 0.507 e. The van der Waals surface area contributed by atoms with Gasteiger partial charge in [-0.2, -0.15) is 0 Å². The van der Waals surface area contributed by atoms with Crippen molar-refractivity contribution in [3.8, 4) is 11.5 Å². The van der Waals surface area contributed by atoms with Gasteiger partial charge in [0.05, 0.1) is 22.4 Å². The lowest BCUT2D eigenvalue weighted by Gasteiger charge is -2.26. The van der Waals surface area contributed by atoms with E-state index in [1.807, 2.05) is 62.3 Å². The third-order valence-corrected chi connectivity index (χ3v) is 15.1. The Morgan fingerprint density at radius 2 is 0.716 bits per heavy atom. The van der Waals surface area contributed by atoms with E-state index >= 15 is 0 Å². The maximum Gasteiger partial charge on any atom is 0.185 e. The Morgan fingerprint density at radius 1 is 0.403 bits per heavy atom. The molecule has 0 heterocycles. The molecule has 390 valence electrons. The summed E-state index contributed by atoms with van der Waals surface area (Å²) in [5, 5.41) is 62.2. The summed E-state index contributed by atoms with van der Waals surface area (Å²) in [7, 11) is 0. The van der Waals surface area contributed by atoms with Gasteiger partial charge in [-0.25, -0.2) is 0 Å². The predicted octanol–water partition coefficient (Wildman–Crippen LogP) is 14.8. The van der Waals surface area contributed by atoms with E-state index in [4.69, 9.17) is 0 Å². The first-order valence-corrected chi connectivity index (χ1v) is 26.2. The lowest BCUT2D eigenvalue weighted by Crippen LogP contribution is -2.27. The Hall–Kier alpha value is -2.52. The fourth-order valence-electron chi connectivity index (χ4n) is 9.62. The zero-order valence-corrected chi connectivity index (χ0v) is 45.4. The SMILES string of the molecule is C.CC1=C(C)C(=O)C(CCC(C)(O)CCCC(C)CCCC(C)CCCC(C)(C)O)=C(C)C1=O.Cc1c(C)c(O)c(CCC(C)(O)CCCC(C)CCCC(C)CCCC(C)(C)O)c(C)c1O. The van der Waals surface area contributed by atoms with Crippen molar-refractivity contribution < 1.29 is 40.2 Å². The molecule has 1 aliphatic carbocycles. The molecule has 0 aliphatic heterocycles. The van der Waals surface area contributed by atoms with E-state index in [1.165, 1.54) is 51.4 Å². The number of hydrogen-bond donors (Lipinski definition) is 6. The van der Waals surface area contributed by atoms with Crippen LogP contribution in [0.15, 0.2) is 22.3 Å². The molecule has 1 aromatic carbocycles. The minimum Gasteiger partial charge on any atom is -0.507 e. The molecule has 2 rings (SSSR count). The molecule has 8 heteroatoms.